The van der Waals surface area contributed by atoms with E-state index in [0.29, 0.717) is 6.04 Å². The molecule has 2 rings (SSSR count). The van der Waals surface area contributed by atoms with E-state index in [1.807, 2.05) is 7.05 Å². The Kier molecular flexibility index (Phi) is 4.54. The second-order valence-corrected chi connectivity index (χ2v) is 4.63. The topological polar surface area (TPSA) is 12.0 Å². The molecule has 0 aliphatic rings. The first-order valence-corrected chi connectivity index (χ1v) is 6.63. The third kappa shape index (κ3) is 3.21. The van der Waals surface area contributed by atoms with Gasteiger partial charge in [-0.25, -0.2) is 0 Å². The van der Waals surface area contributed by atoms with Gasteiger partial charge in [-0.1, -0.05) is 61.5 Å². The highest BCUT2D eigenvalue weighted by molar-refractivity contribution is 5.27. The summed E-state index contributed by atoms with van der Waals surface area (Å²) in [6.07, 6.45) is 2.13. The Balaban J connectivity index is 2.12. The van der Waals surface area contributed by atoms with Crippen LogP contribution in [-0.4, -0.2) is 7.05 Å². The summed E-state index contributed by atoms with van der Waals surface area (Å²) in [6.45, 7) is 2.19. The van der Waals surface area contributed by atoms with Crippen LogP contribution in [0.15, 0.2) is 54.6 Å². The summed E-state index contributed by atoms with van der Waals surface area (Å²) in [5.41, 5.74) is 4.13. The first-order chi connectivity index (χ1) is 8.83. The molecule has 0 saturated heterocycles. The molecule has 0 radical (unpaired) electrons. The van der Waals surface area contributed by atoms with Gasteiger partial charge in [-0.3, -0.25) is 0 Å². The largest absolute Gasteiger partial charge is 0.313 e. The van der Waals surface area contributed by atoms with Crippen molar-refractivity contribution in [1.29, 1.82) is 0 Å². The minimum absolute atomic E-state index is 0.387. The van der Waals surface area contributed by atoms with Crippen molar-refractivity contribution in [2.45, 2.75) is 25.8 Å². The number of benzene rings is 2. The fraction of sp³-hybridized carbons (Fsp3) is 0.294. The maximum atomic E-state index is 3.40. The predicted molar refractivity (Wildman–Crippen MR) is 77.8 cm³/mol. The molecule has 0 spiro atoms. The van der Waals surface area contributed by atoms with Gasteiger partial charge < -0.3 is 5.32 Å². The van der Waals surface area contributed by atoms with Crippen LogP contribution in [0, 0.1) is 0 Å². The summed E-state index contributed by atoms with van der Waals surface area (Å²) in [5, 5.41) is 3.40. The first-order valence-electron chi connectivity index (χ1n) is 6.63. The number of hydrogen-bond donors (Lipinski definition) is 1. The lowest BCUT2D eigenvalue weighted by Crippen LogP contribution is -2.18. The Morgan fingerprint density at radius 1 is 0.889 bits per heavy atom. The molecule has 0 heterocycles. The van der Waals surface area contributed by atoms with Crippen LogP contribution in [0.4, 0.5) is 0 Å². The molecule has 0 fully saturated rings. The van der Waals surface area contributed by atoms with Crippen molar-refractivity contribution in [3.8, 4) is 0 Å². The molecule has 0 aliphatic heterocycles. The zero-order chi connectivity index (χ0) is 12.8. The second-order valence-electron chi connectivity index (χ2n) is 4.63. The van der Waals surface area contributed by atoms with Gasteiger partial charge in [-0.05, 0) is 36.6 Å². The summed E-state index contributed by atoms with van der Waals surface area (Å²) in [5.74, 6) is 0. The predicted octanol–water partition coefficient (Wildman–Crippen LogP) is 3.75. The smallest absolute Gasteiger partial charge is 0.0358 e. The van der Waals surface area contributed by atoms with Gasteiger partial charge in [0.1, 0.15) is 0 Å². The summed E-state index contributed by atoms with van der Waals surface area (Å²) in [4.78, 5) is 0. The van der Waals surface area contributed by atoms with Crippen LogP contribution in [0.25, 0.3) is 0 Å². The molecule has 2 aromatic carbocycles. The van der Waals surface area contributed by atoms with E-state index in [-0.39, 0.29) is 0 Å². The summed E-state index contributed by atoms with van der Waals surface area (Å²) in [6, 6.07) is 20.0. The van der Waals surface area contributed by atoms with E-state index >= 15 is 0 Å². The monoisotopic (exact) mass is 239 g/mol. The minimum atomic E-state index is 0.387. The summed E-state index contributed by atoms with van der Waals surface area (Å²) >= 11 is 0. The maximum Gasteiger partial charge on any atom is 0.0358 e. The maximum absolute atomic E-state index is 3.40. The van der Waals surface area contributed by atoms with Crippen LogP contribution < -0.4 is 5.32 Å². The molecule has 0 amide bonds. The van der Waals surface area contributed by atoms with Gasteiger partial charge in [0.25, 0.3) is 0 Å². The van der Waals surface area contributed by atoms with E-state index in [9.17, 15) is 0 Å². The van der Waals surface area contributed by atoms with Crippen LogP contribution in [0.2, 0.25) is 0 Å². The van der Waals surface area contributed by atoms with Crippen LogP contribution in [0.3, 0.4) is 0 Å². The Morgan fingerprint density at radius 3 is 2.11 bits per heavy atom. The molecular formula is C17H21N. The van der Waals surface area contributed by atoms with Crippen molar-refractivity contribution in [1.82, 2.24) is 5.32 Å². The van der Waals surface area contributed by atoms with Gasteiger partial charge in [0.05, 0.1) is 0 Å². The van der Waals surface area contributed by atoms with E-state index in [1.165, 1.54) is 16.7 Å². The van der Waals surface area contributed by atoms with Gasteiger partial charge in [0.2, 0.25) is 0 Å². The fourth-order valence-electron chi connectivity index (χ4n) is 2.22. The number of rotatable bonds is 5. The average Bonchev–Trinajstić information content (AvgIpc) is 2.46. The van der Waals surface area contributed by atoms with Gasteiger partial charge in [0.15, 0.2) is 0 Å². The summed E-state index contributed by atoms with van der Waals surface area (Å²) in [7, 11) is 2.03. The van der Waals surface area contributed by atoms with E-state index in [4.69, 9.17) is 0 Å². The van der Waals surface area contributed by atoms with Crippen molar-refractivity contribution in [2.24, 2.45) is 0 Å². The van der Waals surface area contributed by atoms with Crippen molar-refractivity contribution in [3.05, 3.63) is 71.3 Å². The highest BCUT2D eigenvalue weighted by Gasteiger charge is 2.09. The number of aryl methyl sites for hydroxylation is 1. The molecule has 0 aromatic heterocycles. The minimum Gasteiger partial charge on any atom is -0.313 e. The molecule has 0 saturated carbocycles. The van der Waals surface area contributed by atoms with Crippen molar-refractivity contribution < 1.29 is 0 Å². The lowest BCUT2D eigenvalue weighted by Gasteiger charge is -2.17. The number of nitrogens with one attached hydrogen (secondary N) is 1. The average molecular weight is 239 g/mol. The molecule has 1 N–H and O–H groups in total. The van der Waals surface area contributed by atoms with E-state index in [1.54, 1.807) is 0 Å². The highest BCUT2D eigenvalue weighted by Crippen LogP contribution is 2.18. The van der Waals surface area contributed by atoms with Crippen LogP contribution in [0.5, 0.6) is 0 Å². The molecule has 0 bridgehead atoms. The molecule has 18 heavy (non-hydrogen) atoms. The SMILES string of the molecule is CCc1ccc(C(Cc2ccccc2)NC)cc1. The molecular weight excluding hydrogens is 218 g/mol. The standard InChI is InChI=1S/C17H21N/c1-3-14-9-11-16(12-10-14)17(18-2)13-15-7-5-4-6-8-15/h4-12,17-18H,3,13H2,1-2H3. The van der Waals surface area contributed by atoms with Crippen LogP contribution in [-0.2, 0) is 12.8 Å². The molecule has 1 atom stereocenters. The van der Waals surface area contributed by atoms with Gasteiger partial charge in [0, 0.05) is 6.04 Å². The molecule has 1 nitrogen and oxygen atoms in total. The highest BCUT2D eigenvalue weighted by atomic mass is 14.9. The van der Waals surface area contributed by atoms with E-state index < -0.39 is 0 Å². The Bertz CT molecular complexity index is 459. The van der Waals surface area contributed by atoms with Crippen molar-refractivity contribution in [3.63, 3.8) is 0 Å². The molecule has 1 heteroatoms. The number of likely N-dealkylation sites (N-methyl/N-ethyl adjacent to an activating group) is 1. The Morgan fingerprint density at radius 2 is 1.56 bits per heavy atom. The third-order valence-electron chi connectivity index (χ3n) is 3.42. The van der Waals surface area contributed by atoms with Crippen molar-refractivity contribution in [2.75, 3.05) is 7.05 Å². The van der Waals surface area contributed by atoms with Gasteiger partial charge in [-0.2, -0.15) is 0 Å². The normalized spacial score (nSPS) is 12.3. The summed E-state index contributed by atoms with van der Waals surface area (Å²) < 4.78 is 0. The molecule has 1 unspecified atom stereocenters. The lowest BCUT2D eigenvalue weighted by molar-refractivity contribution is 0.592. The zero-order valence-corrected chi connectivity index (χ0v) is 11.2. The lowest BCUT2D eigenvalue weighted by atomic mass is 9.98. The third-order valence-corrected chi connectivity index (χ3v) is 3.42. The number of hydrogen-bond acceptors (Lipinski definition) is 1. The van der Waals surface area contributed by atoms with Gasteiger partial charge in [-0.15, -0.1) is 0 Å². The zero-order valence-electron chi connectivity index (χ0n) is 11.2. The van der Waals surface area contributed by atoms with Crippen LogP contribution in [0.1, 0.15) is 29.7 Å². The van der Waals surface area contributed by atoms with E-state index in [0.717, 1.165) is 12.8 Å². The van der Waals surface area contributed by atoms with E-state index in [2.05, 4.69) is 66.8 Å². The first kappa shape index (κ1) is 12.8. The fourth-order valence-corrected chi connectivity index (χ4v) is 2.22. The quantitative estimate of drug-likeness (QED) is 0.838. The second kappa shape index (κ2) is 6.36. The van der Waals surface area contributed by atoms with Crippen LogP contribution >= 0.6 is 0 Å². The molecule has 94 valence electrons. The van der Waals surface area contributed by atoms with Gasteiger partial charge >= 0.3 is 0 Å². The Hall–Kier alpha value is -1.60. The molecule has 2 aromatic rings. The molecule has 0 aliphatic carbocycles. The Labute approximate surface area is 110 Å². The van der Waals surface area contributed by atoms with Crippen molar-refractivity contribution >= 4 is 0 Å².